The van der Waals surface area contributed by atoms with Crippen molar-refractivity contribution in [2.24, 2.45) is 0 Å². The van der Waals surface area contributed by atoms with E-state index in [1.54, 1.807) is 0 Å². The second-order valence-corrected chi connectivity index (χ2v) is 18.3. The monoisotopic (exact) mass is 836 g/mol. The quantitative estimate of drug-likeness (QED) is 0.167. The van der Waals surface area contributed by atoms with Crippen LogP contribution in [0.3, 0.4) is 0 Å². The zero-order valence-corrected chi connectivity index (χ0v) is 36.7. The third-order valence-corrected chi connectivity index (χ3v) is 13.8. The Labute approximate surface area is 377 Å². The largest absolute Gasteiger partial charge is 0.454 e. The number of aryl methyl sites for hydroxylation is 2. The molecule has 65 heavy (non-hydrogen) atoms. The summed E-state index contributed by atoms with van der Waals surface area (Å²) in [6, 6.07) is 70.5. The summed E-state index contributed by atoms with van der Waals surface area (Å²) in [6.07, 6.45) is 0. The maximum absolute atomic E-state index is 6.63. The van der Waals surface area contributed by atoms with Gasteiger partial charge in [-0.05, 0) is 166 Å². The van der Waals surface area contributed by atoms with Crippen LogP contribution in [0.2, 0.25) is 0 Å². The first-order valence-corrected chi connectivity index (χ1v) is 22.5. The minimum Gasteiger partial charge on any atom is -0.454 e. The molecule has 0 spiro atoms. The van der Waals surface area contributed by atoms with Gasteiger partial charge in [0.1, 0.15) is 11.2 Å². The number of hydrogen-bond acceptors (Lipinski definition) is 4. The Hall–Kier alpha value is -8.08. The van der Waals surface area contributed by atoms with Crippen LogP contribution in [0.1, 0.15) is 36.1 Å². The lowest BCUT2D eigenvalue weighted by Crippen LogP contribution is -2.15. The Morgan fingerprint density at radius 3 is 1.23 bits per heavy atom. The fourth-order valence-corrected chi connectivity index (χ4v) is 10.7. The van der Waals surface area contributed by atoms with Crippen molar-refractivity contribution in [3.05, 3.63) is 216 Å². The molecule has 310 valence electrons. The van der Waals surface area contributed by atoms with Crippen molar-refractivity contribution in [1.29, 1.82) is 0 Å². The van der Waals surface area contributed by atoms with Gasteiger partial charge in [-0.3, -0.25) is 0 Å². The van der Waals surface area contributed by atoms with E-state index in [-0.39, 0.29) is 5.41 Å². The molecule has 0 atom stereocenters. The minimum atomic E-state index is -0.231. The molecular weight excluding hydrogens is 793 g/mol. The molecule has 0 N–H and O–H groups in total. The fourth-order valence-electron chi connectivity index (χ4n) is 10.7. The molecule has 10 aromatic carbocycles. The SMILES string of the molecule is Cc1cccc(N(c2ccc3cc4c(cc3c2)C(C)(C)c2cc3cc(N(c5cccc(C)c5)c5cccc6c5oc5ccccc56)ccc3cc2-4)c2cccc3c2oc2ccccc23)c1. The molecule has 0 unspecified atom stereocenters. The van der Waals surface area contributed by atoms with Gasteiger partial charge in [-0.15, -0.1) is 0 Å². The van der Waals surface area contributed by atoms with E-state index in [4.69, 9.17) is 8.83 Å². The molecule has 0 bridgehead atoms. The molecule has 4 heteroatoms. The van der Waals surface area contributed by atoms with Crippen LogP contribution in [0.4, 0.5) is 34.1 Å². The van der Waals surface area contributed by atoms with E-state index in [1.165, 1.54) is 54.9 Å². The molecule has 13 rings (SSSR count). The second kappa shape index (κ2) is 14.0. The highest BCUT2D eigenvalue weighted by atomic mass is 16.3. The molecule has 0 aliphatic heterocycles. The van der Waals surface area contributed by atoms with Crippen molar-refractivity contribution >= 4 is 99.5 Å². The van der Waals surface area contributed by atoms with Gasteiger partial charge < -0.3 is 18.6 Å². The first-order valence-electron chi connectivity index (χ1n) is 22.5. The van der Waals surface area contributed by atoms with Gasteiger partial charge in [-0.2, -0.15) is 0 Å². The lowest BCUT2D eigenvalue weighted by molar-refractivity contribution is 0.662. The predicted octanol–water partition coefficient (Wildman–Crippen LogP) is 17.7. The Balaban J connectivity index is 0.937. The zero-order chi connectivity index (χ0) is 43.6. The van der Waals surface area contributed by atoms with Gasteiger partial charge in [0.05, 0.1) is 11.4 Å². The van der Waals surface area contributed by atoms with E-state index in [2.05, 4.69) is 219 Å². The van der Waals surface area contributed by atoms with Crippen LogP contribution in [0.15, 0.2) is 203 Å². The van der Waals surface area contributed by atoms with Crippen molar-refractivity contribution in [2.75, 3.05) is 9.80 Å². The molecule has 0 saturated heterocycles. The van der Waals surface area contributed by atoms with E-state index in [0.29, 0.717) is 0 Å². The average Bonchev–Trinajstić information content (AvgIpc) is 3.96. The van der Waals surface area contributed by atoms with Gasteiger partial charge in [0.2, 0.25) is 0 Å². The number of anilines is 6. The van der Waals surface area contributed by atoms with Crippen molar-refractivity contribution < 1.29 is 8.83 Å². The molecular formula is C61H44N2O2. The summed E-state index contributed by atoms with van der Waals surface area (Å²) >= 11 is 0. The molecule has 0 radical (unpaired) electrons. The lowest BCUT2D eigenvalue weighted by atomic mass is 9.81. The number of benzene rings is 10. The van der Waals surface area contributed by atoms with Crippen molar-refractivity contribution in [3.8, 4) is 11.1 Å². The molecule has 1 aliphatic carbocycles. The molecule has 4 nitrogen and oxygen atoms in total. The Kier molecular flexibility index (Phi) is 8.05. The highest BCUT2D eigenvalue weighted by Gasteiger charge is 2.36. The highest BCUT2D eigenvalue weighted by Crippen LogP contribution is 2.53. The smallest absolute Gasteiger partial charge is 0.159 e. The summed E-state index contributed by atoms with van der Waals surface area (Å²) in [4.78, 5) is 4.70. The third kappa shape index (κ3) is 5.77. The number of furan rings is 2. The first kappa shape index (κ1) is 37.5. The summed E-state index contributed by atoms with van der Waals surface area (Å²) in [6.45, 7) is 9.07. The molecule has 12 aromatic rings. The summed E-state index contributed by atoms with van der Waals surface area (Å²) in [5.41, 5.74) is 17.4. The Morgan fingerprint density at radius 1 is 0.354 bits per heavy atom. The van der Waals surface area contributed by atoms with Gasteiger partial charge >= 0.3 is 0 Å². The number of rotatable bonds is 6. The van der Waals surface area contributed by atoms with Crippen LogP contribution in [0.5, 0.6) is 0 Å². The van der Waals surface area contributed by atoms with Crippen molar-refractivity contribution in [2.45, 2.75) is 33.1 Å². The molecule has 1 aliphatic rings. The van der Waals surface area contributed by atoms with Crippen LogP contribution < -0.4 is 9.80 Å². The number of fused-ring (bicyclic) bond motifs is 11. The predicted molar refractivity (Wildman–Crippen MR) is 272 cm³/mol. The third-order valence-electron chi connectivity index (χ3n) is 13.8. The number of hydrogen-bond donors (Lipinski definition) is 0. The topological polar surface area (TPSA) is 32.8 Å². The zero-order valence-electron chi connectivity index (χ0n) is 36.7. The van der Waals surface area contributed by atoms with E-state index in [0.717, 1.165) is 78.0 Å². The van der Waals surface area contributed by atoms with Crippen LogP contribution in [0.25, 0.3) is 76.5 Å². The fraction of sp³-hybridized carbons (Fsp3) is 0.0820. The maximum atomic E-state index is 6.63. The maximum Gasteiger partial charge on any atom is 0.159 e. The van der Waals surface area contributed by atoms with Gasteiger partial charge in [-0.25, -0.2) is 0 Å². The Morgan fingerprint density at radius 2 is 0.769 bits per heavy atom. The van der Waals surface area contributed by atoms with Crippen LogP contribution in [0, 0.1) is 13.8 Å². The van der Waals surface area contributed by atoms with Gasteiger partial charge in [0.15, 0.2) is 11.2 Å². The van der Waals surface area contributed by atoms with E-state index in [9.17, 15) is 0 Å². The lowest BCUT2D eigenvalue weighted by Gasteiger charge is -2.27. The van der Waals surface area contributed by atoms with Gasteiger partial charge in [0, 0.05) is 49.7 Å². The number of nitrogens with zero attached hydrogens (tertiary/aromatic N) is 2. The van der Waals surface area contributed by atoms with E-state index >= 15 is 0 Å². The summed E-state index contributed by atoms with van der Waals surface area (Å²) in [5.74, 6) is 0. The average molecular weight is 837 g/mol. The van der Waals surface area contributed by atoms with Crippen LogP contribution in [-0.4, -0.2) is 0 Å². The Bertz CT molecular complexity index is 3670. The molecule has 2 aromatic heterocycles. The number of para-hydroxylation sites is 4. The molecule has 0 fully saturated rings. The van der Waals surface area contributed by atoms with E-state index in [1.807, 2.05) is 12.1 Å². The van der Waals surface area contributed by atoms with Crippen molar-refractivity contribution in [3.63, 3.8) is 0 Å². The van der Waals surface area contributed by atoms with E-state index < -0.39 is 0 Å². The molecule has 0 saturated carbocycles. The van der Waals surface area contributed by atoms with Crippen LogP contribution >= 0.6 is 0 Å². The van der Waals surface area contributed by atoms with Gasteiger partial charge in [-0.1, -0.05) is 111 Å². The normalized spacial score (nSPS) is 13.0. The van der Waals surface area contributed by atoms with Crippen LogP contribution in [-0.2, 0) is 5.41 Å². The second-order valence-electron chi connectivity index (χ2n) is 18.3. The standard InChI is InChI=1S/C61H44N2O2/c1-37-13-9-15-43(29-37)62(55-21-11-19-49-47-17-5-7-23-57(47)64-59(49)55)45-27-25-39-33-51-52-34-40-26-28-46(32-42(40)36-54(52)61(3,4)53(51)35-41(39)31-45)63(44-16-10-14-38(2)30-44)56-22-12-20-50-48-18-6-8-24-58(48)65-60(50)56/h5-36H,1-4H3. The summed E-state index contributed by atoms with van der Waals surface area (Å²) in [5, 5.41) is 9.31. The van der Waals surface area contributed by atoms with Gasteiger partial charge in [0.25, 0.3) is 0 Å². The summed E-state index contributed by atoms with van der Waals surface area (Å²) in [7, 11) is 0. The molecule has 2 heterocycles. The highest BCUT2D eigenvalue weighted by molar-refractivity contribution is 6.12. The molecule has 0 amide bonds. The minimum absolute atomic E-state index is 0.231. The first-order chi connectivity index (χ1) is 31.8. The van der Waals surface area contributed by atoms with Crippen molar-refractivity contribution in [1.82, 2.24) is 0 Å². The summed E-state index contributed by atoms with van der Waals surface area (Å²) < 4.78 is 13.3.